The maximum Gasteiger partial charge on any atom is 0.229 e. The summed E-state index contributed by atoms with van der Waals surface area (Å²) in [5.41, 5.74) is 11.2. The summed E-state index contributed by atoms with van der Waals surface area (Å²) in [5.74, 6) is 3.10. The summed E-state index contributed by atoms with van der Waals surface area (Å²) in [6, 6.07) is 5.27. The second-order valence-corrected chi connectivity index (χ2v) is 12.5. The zero-order chi connectivity index (χ0) is 15.6. The number of anilines is 1. The highest BCUT2D eigenvalue weighted by molar-refractivity contribution is 7.92. The van der Waals surface area contributed by atoms with E-state index in [0.717, 1.165) is 11.8 Å². The molecule has 1 aromatic carbocycles. The molecule has 0 spiro atoms. The summed E-state index contributed by atoms with van der Waals surface area (Å²) in [5, 5.41) is 0. The molecule has 0 unspecified atom stereocenters. The Morgan fingerprint density at radius 1 is 1.30 bits per heavy atom. The standard InChI is InChI=1S/C14H22N2O2SSi/c1-11(15)12-6-7-14(16-19(2,17)18)13(10-12)8-9-20(3,4)5/h6-7,10-11,16H,15H2,1-5H3/t11-/m1/s1. The molecule has 1 rings (SSSR count). The van der Waals surface area contributed by atoms with E-state index in [9.17, 15) is 8.42 Å². The van der Waals surface area contributed by atoms with Crippen molar-refractivity contribution in [2.45, 2.75) is 32.6 Å². The van der Waals surface area contributed by atoms with Crippen LogP contribution >= 0.6 is 0 Å². The van der Waals surface area contributed by atoms with E-state index in [1.165, 1.54) is 0 Å². The average molecular weight is 310 g/mol. The van der Waals surface area contributed by atoms with Crippen LogP contribution in [0.1, 0.15) is 24.1 Å². The lowest BCUT2D eigenvalue weighted by atomic mass is 10.0. The molecule has 0 saturated carbocycles. The molecule has 0 saturated heterocycles. The van der Waals surface area contributed by atoms with Gasteiger partial charge in [-0.25, -0.2) is 8.42 Å². The lowest BCUT2D eigenvalue weighted by molar-refractivity contribution is 0.607. The van der Waals surface area contributed by atoms with Crippen LogP contribution in [0.2, 0.25) is 19.6 Å². The quantitative estimate of drug-likeness (QED) is 0.665. The molecule has 3 N–H and O–H groups in total. The van der Waals surface area contributed by atoms with Crippen LogP contribution in [-0.2, 0) is 10.0 Å². The SMILES string of the molecule is C[C@@H](N)c1ccc(NS(C)(=O)=O)c(C#C[Si](C)(C)C)c1. The Balaban J connectivity index is 3.33. The fraction of sp³-hybridized carbons (Fsp3) is 0.429. The van der Waals surface area contributed by atoms with Gasteiger partial charge in [-0.3, -0.25) is 4.72 Å². The van der Waals surface area contributed by atoms with Crippen LogP contribution in [0.15, 0.2) is 18.2 Å². The highest BCUT2D eigenvalue weighted by Crippen LogP contribution is 2.21. The third-order valence-corrected chi connectivity index (χ3v) is 3.90. The third-order valence-electron chi connectivity index (χ3n) is 2.44. The molecule has 20 heavy (non-hydrogen) atoms. The molecule has 0 aliphatic heterocycles. The minimum absolute atomic E-state index is 0.116. The number of sulfonamides is 1. The lowest BCUT2D eigenvalue weighted by Crippen LogP contribution is -2.16. The topological polar surface area (TPSA) is 72.2 Å². The van der Waals surface area contributed by atoms with Crippen LogP contribution in [0.5, 0.6) is 0 Å². The first-order valence-corrected chi connectivity index (χ1v) is 11.8. The van der Waals surface area contributed by atoms with Gasteiger partial charge in [0.05, 0.1) is 11.9 Å². The zero-order valence-corrected chi connectivity index (χ0v) is 14.4. The predicted octanol–water partition coefficient (Wildman–Crippen LogP) is 2.31. The maximum absolute atomic E-state index is 11.4. The molecule has 0 aliphatic carbocycles. The number of benzene rings is 1. The fourth-order valence-electron chi connectivity index (χ4n) is 1.49. The van der Waals surface area contributed by atoms with Gasteiger partial charge in [0.1, 0.15) is 8.07 Å². The van der Waals surface area contributed by atoms with Crippen LogP contribution in [0.25, 0.3) is 0 Å². The summed E-state index contributed by atoms with van der Waals surface area (Å²) in [7, 11) is -4.86. The Morgan fingerprint density at radius 2 is 1.90 bits per heavy atom. The van der Waals surface area contributed by atoms with E-state index in [4.69, 9.17) is 5.73 Å². The first-order valence-electron chi connectivity index (χ1n) is 6.38. The molecule has 0 fully saturated rings. The van der Waals surface area contributed by atoms with Gasteiger partial charge >= 0.3 is 0 Å². The number of hydrogen-bond acceptors (Lipinski definition) is 3. The van der Waals surface area contributed by atoms with Gasteiger partial charge in [-0.2, -0.15) is 0 Å². The van der Waals surface area contributed by atoms with E-state index < -0.39 is 18.1 Å². The molecule has 0 bridgehead atoms. The highest BCUT2D eigenvalue weighted by atomic mass is 32.2. The van der Waals surface area contributed by atoms with E-state index in [2.05, 4.69) is 35.8 Å². The minimum atomic E-state index is -3.32. The van der Waals surface area contributed by atoms with Gasteiger partial charge in [-0.15, -0.1) is 5.54 Å². The summed E-state index contributed by atoms with van der Waals surface area (Å²) in [6.07, 6.45) is 1.13. The van der Waals surface area contributed by atoms with Crippen molar-refractivity contribution in [2.24, 2.45) is 5.73 Å². The second kappa shape index (κ2) is 6.00. The van der Waals surface area contributed by atoms with Crippen LogP contribution in [0.4, 0.5) is 5.69 Å². The van der Waals surface area contributed by atoms with Gasteiger partial charge in [0.2, 0.25) is 10.0 Å². The third kappa shape index (κ3) is 5.78. The molecular weight excluding hydrogens is 288 g/mol. The zero-order valence-electron chi connectivity index (χ0n) is 12.6. The number of hydrogen-bond donors (Lipinski definition) is 2. The van der Waals surface area contributed by atoms with E-state index in [-0.39, 0.29) is 6.04 Å². The van der Waals surface area contributed by atoms with Gasteiger partial charge in [-0.05, 0) is 24.6 Å². The molecular formula is C14H22N2O2SSi. The van der Waals surface area contributed by atoms with Crippen LogP contribution in [-0.4, -0.2) is 22.7 Å². The Labute approximate surface area is 122 Å². The summed E-state index contributed by atoms with van der Waals surface area (Å²) in [6.45, 7) is 8.30. The molecule has 0 amide bonds. The van der Waals surface area contributed by atoms with Crippen molar-refractivity contribution >= 4 is 23.8 Å². The number of nitrogens with two attached hydrogens (primary N) is 1. The number of rotatable bonds is 3. The first kappa shape index (κ1) is 16.8. The number of nitrogens with one attached hydrogen (secondary N) is 1. The molecule has 6 heteroatoms. The highest BCUT2D eigenvalue weighted by Gasteiger charge is 2.11. The Hall–Kier alpha value is -1.29. The van der Waals surface area contributed by atoms with Gasteiger partial charge in [0, 0.05) is 11.6 Å². The Morgan fingerprint density at radius 3 is 2.35 bits per heavy atom. The smallest absolute Gasteiger partial charge is 0.229 e. The van der Waals surface area contributed by atoms with Crippen molar-refractivity contribution < 1.29 is 8.42 Å². The summed E-state index contributed by atoms with van der Waals surface area (Å²) < 4.78 is 25.3. The summed E-state index contributed by atoms with van der Waals surface area (Å²) >= 11 is 0. The second-order valence-electron chi connectivity index (χ2n) is 5.97. The molecule has 1 aromatic rings. The Bertz CT molecular complexity index is 650. The predicted molar refractivity (Wildman–Crippen MR) is 87.7 cm³/mol. The molecule has 0 aliphatic rings. The summed E-state index contributed by atoms with van der Waals surface area (Å²) in [4.78, 5) is 0. The van der Waals surface area contributed by atoms with Crippen molar-refractivity contribution in [1.82, 2.24) is 0 Å². The monoisotopic (exact) mass is 310 g/mol. The lowest BCUT2D eigenvalue weighted by Gasteiger charge is -2.12. The normalized spacial score (nSPS) is 13.3. The van der Waals surface area contributed by atoms with E-state index in [1.54, 1.807) is 6.07 Å². The first-order chi connectivity index (χ1) is 8.98. The van der Waals surface area contributed by atoms with Gasteiger partial charge in [0.25, 0.3) is 0 Å². The molecule has 1 atom stereocenters. The van der Waals surface area contributed by atoms with E-state index in [1.807, 2.05) is 19.1 Å². The largest absolute Gasteiger partial charge is 0.324 e. The minimum Gasteiger partial charge on any atom is -0.324 e. The Kier molecular flexibility index (Phi) is 5.03. The van der Waals surface area contributed by atoms with Crippen LogP contribution < -0.4 is 10.5 Å². The molecule has 0 aromatic heterocycles. The van der Waals surface area contributed by atoms with Crippen LogP contribution in [0, 0.1) is 11.5 Å². The fourth-order valence-corrected chi connectivity index (χ4v) is 2.58. The van der Waals surface area contributed by atoms with Crippen LogP contribution in [0.3, 0.4) is 0 Å². The molecule has 0 radical (unpaired) electrons. The maximum atomic E-state index is 11.4. The van der Waals surface area contributed by atoms with Crippen molar-refractivity contribution in [2.75, 3.05) is 11.0 Å². The van der Waals surface area contributed by atoms with Crippen molar-refractivity contribution in [1.29, 1.82) is 0 Å². The van der Waals surface area contributed by atoms with Crippen molar-refractivity contribution in [3.8, 4) is 11.5 Å². The average Bonchev–Trinajstić information content (AvgIpc) is 2.24. The van der Waals surface area contributed by atoms with Gasteiger partial charge < -0.3 is 5.73 Å². The van der Waals surface area contributed by atoms with Crippen molar-refractivity contribution in [3.63, 3.8) is 0 Å². The molecule has 0 heterocycles. The molecule has 4 nitrogen and oxygen atoms in total. The molecule has 110 valence electrons. The van der Waals surface area contributed by atoms with Gasteiger partial charge in [0.15, 0.2) is 0 Å². The van der Waals surface area contributed by atoms with Crippen molar-refractivity contribution in [3.05, 3.63) is 29.3 Å². The van der Waals surface area contributed by atoms with E-state index >= 15 is 0 Å². The van der Waals surface area contributed by atoms with Gasteiger partial charge in [-0.1, -0.05) is 31.6 Å². The van der Waals surface area contributed by atoms with E-state index in [0.29, 0.717) is 11.3 Å².